The zero-order valence-corrected chi connectivity index (χ0v) is 8.62. The highest BCUT2D eigenvalue weighted by molar-refractivity contribution is 5.74. The standard InChI is InChI=1S/C10H18N2O2/c1-12-8(9(13)14)2-3-10(12)4-6-11-7-5-10/h8,11H,2-7H2,1H3,(H,13,14). The molecule has 1 unspecified atom stereocenters. The molecule has 0 aromatic carbocycles. The summed E-state index contributed by atoms with van der Waals surface area (Å²) in [6.45, 7) is 2.05. The number of piperidine rings is 1. The fraction of sp³-hybridized carbons (Fsp3) is 0.900. The Bertz CT molecular complexity index is 236. The molecule has 80 valence electrons. The minimum atomic E-state index is -0.664. The molecule has 0 aliphatic carbocycles. The van der Waals surface area contributed by atoms with Crippen LogP contribution in [0, 0.1) is 0 Å². The molecule has 0 amide bonds. The highest BCUT2D eigenvalue weighted by Crippen LogP contribution is 2.38. The molecule has 2 rings (SSSR count). The summed E-state index contributed by atoms with van der Waals surface area (Å²) in [5, 5.41) is 12.4. The second-order valence-electron chi connectivity index (χ2n) is 4.48. The maximum Gasteiger partial charge on any atom is 0.320 e. The van der Waals surface area contributed by atoms with Crippen LogP contribution in [0.15, 0.2) is 0 Å². The van der Waals surface area contributed by atoms with Gasteiger partial charge in [0.15, 0.2) is 0 Å². The first-order valence-corrected chi connectivity index (χ1v) is 5.32. The third-order valence-electron chi connectivity index (χ3n) is 3.92. The Hall–Kier alpha value is -0.610. The number of rotatable bonds is 1. The van der Waals surface area contributed by atoms with Gasteiger partial charge in [0, 0.05) is 5.54 Å². The van der Waals surface area contributed by atoms with E-state index in [9.17, 15) is 4.79 Å². The van der Waals surface area contributed by atoms with E-state index in [0.29, 0.717) is 0 Å². The van der Waals surface area contributed by atoms with Crippen LogP contribution < -0.4 is 5.32 Å². The van der Waals surface area contributed by atoms with E-state index in [1.165, 1.54) is 0 Å². The van der Waals surface area contributed by atoms with E-state index < -0.39 is 5.97 Å². The monoisotopic (exact) mass is 198 g/mol. The number of aliphatic carboxylic acids is 1. The topological polar surface area (TPSA) is 52.6 Å². The van der Waals surface area contributed by atoms with Gasteiger partial charge >= 0.3 is 5.97 Å². The smallest absolute Gasteiger partial charge is 0.320 e. The van der Waals surface area contributed by atoms with E-state index >= 15 is 0 Å². The molecule has 2 fully saturated rings. The number of carboxylic acid groups (broad SMARTS) is 1. The van der Waals surface area contributed by atoms with Crippen molar-refractivity contribution in [3.63, 3.8) is 0 Å². The lowest BCUT2D eigenvalue weighted by atomic mass is 9.86. The van der Waals surface area contributed by atoms with Gasteiger partial charge in [0.25, 0.3) is 0 Å². The summed E-state index contributed by atoms with van der Waals surface area (Å²) in [7, 11) is 1.97. The van der Waals surface area contributed by atoms with Crippen molar-refractivity contribution in [1.29, 1.82) is 0 Å². The Morgan fingerprint density at radius 3 is 2.57 bits per heavy atom. The number of nitrogens with zero attached hydrogens (tertiary/aromatic N) is 1. The second-order valence-corrected chi connectivity index (χ2v) is 4.48. The highest BCUT2D eigenvalue weighted by Gasteiger charge is 2.46. The molecule has 1 atom stereocenters. The van der Waals surface area contributed by atoms with Crippen molar-refractivity contribution < 1.29 is 9.90 Å². The first-order chi connectivity index (χ1) is 6.66. The van der Waals surface area contributed by atoms with Gasteiger partial charge in [0.05, 0.1) is 0 Å². The van der Waals surface area contributed by atoms with Gasteiger partial charge in [-0.25, -0.2) is 0 Å². The number of nitrogens with one attached hydrogen (secondary N) is 1. The van der Waals surface area contributed by atoms with E-state index in [1.54, 1.807) is 0 Å². The number of likely N-dealkylation sites (N-methyl/N-ethyl adjacent to an activating group) is 1. The Morgan fingerprint density at radius 1 is 1.43 bits per heavy atom. The average Bonchev–Trinajstić information content (AvgIpc) is 2.46. The van der Waals surface area contributed by atoms with E-state index in [2.05, 4.69) is 10.2 Å². The van der Waals surface area contributed by atoms with E-state index in [1.807, 2.05) is 7.05 Å². The van der Waals surface area contributed by atoms with Gasteiger partial charge < -0.3 is 10.4 Å². The van der Waals surface area contributed by atoms with Gasteiger partial charge in [-0.1, -0.05) is 0 Å². The molecule has 2 saturated heterocycles. The van der Waals surface area contributed by atoms with Gasteiger partial charge in [-0.05, 0) is 45.8 Å². The molecule has 14 heavy (non-hydrogen) atoms. The average molecular weight is 198 g/mol. The minimum Gasteiger partial charge on any atom is -0.480 e. The van der Waals surface area contributed by atoms with Crippen LogP contribution in [0.3, 0.4) is 0 Å². The predicted molar refractivity (Wildman–Crippen MR) is 53.3 cm³/mol. The van der Waals surface area contributed by atoms with Crippen molar-refractivity contribution in [2.75, 3.05) is 20.1 Å². The molecule has 4 nitrogen and oxygen atoms in total. The lowest BCUT2D eigenvalue weighted by Gasteiger charge is -2.41. The second kappa shape index (κ2) is 3.51. The van der Waals surface area contributed by atoms with Crippen LogP contribution in [-0.4, -0.2) is 47.7 Å². The summed E-state index contributed by atoms with van der Waals surface area (Å²) in [4.78, 5) is 13.1. The quantitative estimate of drug-likeness (QED) is 0.636. The van der Waals surface area contributed by atoms with Gasteiger partial charge in [0.2, 0.25) is 0 Å². The Morgan fingerprint density at radius 2 is 2.07 bits per heavy atom. The number of carbonyl (C=O) groups is 1. The van der Waals surface area contributed by atoms with E-state index in [4.69, 9.17) is 5.11 Å². The SMILES string of the molecule is CN1C(C(=O)O)CCC12CCNCC2. The summed E-state index contributed by atoms with van der Waals surface area (Å²) < 4.78 is 0. The van der Waals surface area contributed by atoms with Crippen LogP contribution in [0.4, 0.5) is 0 Å². The van der Waals surface area contributed by atoms with Crippen molar-refractivity contribution in [2.24, 2.45) is 0 Å². The Labute approximate surface area is 84.3 Å². The van der Waals surface area contributed by atoms with Crippen molar-refractivity contribution in [1.82, 2.24) is 10.2 Å². The predicted octanol–water partition coefficient (Wildman–Crippen LogP) is 0.287. The lowest BCUT2D eigenvalue weighted by molar-refractivity contribution is -0.143. The summed E-state index contributed by atoms with van der Waals surface area (Å²) in [5.41, 5.74) is 0.175. The molecular formula is C10H18N2O2. The maximum absolute atomic E-state index is 11.0. The van der Waals surface area contributed by atoms with Gasteiger partial charge in [-0.15, -0.1) is 0 Å². The molecule has 0 bridgehead atoms. The molecule has 2 aliphatic heterocycles. The van der Waals surface area contributed by atoms with Crippen LogP contribution in [0.25, 0.3) is 0 Å². The molecule has 2 N–H and O–H groups in total. The fourth-order valence-corrected chi connectivity index (χ4v) is 2.89. The number of hydrogen-bond acceptors (Lipinski definition) is 3. The Balaban J connectivity index is 2.11. The van der Waals surface area contributed by atoms with Crippen LogP contribution in [-0.2, 0) is 4.79 Å². The minimum absolute atomic E-state index is 0.175. The lowest BCUT2D eigenvalue weighted by Crippen LogP contribution is -2.52. The van der Waals surface area contributed by atoms with Crippen molar-refractivity contribution >= 4 is 5.97 Å². The number of likely N-dealkylation sites (tertiary alicyclic amines) is 1. The highest BCUT2D eigenvalue weighted by atomic mass is 16.4. The number of carboxylic acids is 1. The molecular weight excluding hydrogens is 180 g/mol. The number of hydrogen-bond donors (Lipinski definition) is 2. The van der Waals surface area contributed by atoms with Gasteiger partial charge in [-0.2, -0.15) is 0 Å². The molecule has 0 radical (unpaired) electrons. The molecule has 1 spiro atoms. The molecule has 0 aromatic rings. The first-order valence-electron chi connectivity index (χ1n) is 5.32. The summed E-state index contributed by atoms with van der Waals surface area (Å²) in [6, 6.07) is -0.256. The first kappa shape index (κ1) is 9.93. The largest absolute Gasteiger partial charge is 0.480 e. The summed E-state index contributed by atoms with van der Waals surface area (Å²) >= 11 is 0. The fourth-order valence-electron chi connectivity index (χ4n) is 2.89. The van der Waals surface area contributed by atoms with Crippen LogP contribution in [0.2, 0.25) is 0 Å². The van der Waals surface area contributed by atoms with Gasteiger partial charge in [0.1, 0.15) is 6.04 Å². The van der Waals surface area contributed by atoms with Crippen molar-refractivity contribution in [2.45, 2.75) is 37.3 Å². The van der Waals surface area contributed by atoms with Crippen LogP contribution in [0.1, 0.15) is 25.7 Å². The zero-order chi connectivity index (χ0) is 10.2. The molecule has 4 heteroatoms. The molecule has 2 aliphatic rings. The van der Waals surface area contributed by atoms with Gasteiger partial charge in [-0.3, -0.25) is 9.69 Å². The third kappa shape index (κ3) is 1.42. The summed E-state index contributed by atoms with van der Waals surface area (Å²) in [6.07, 6.45) is 4.04. The third-order valence-corrected chi connectivity index (χ3v) is 3.92. The molecule has 0 aromatic heterocycles. The molecule has 0 saturated carbocycles. The zero-order valence-electron chi connectivity index (χ0n) is 8.62. The van der Waals surface area contributed by atoms with Crippen molar-refractivity contribution in [3.8, 4) is 0 Å². The van der Waals surface area contributed by atoms with Crippen molar-refractivity contribution in [3.05, 3.63) is 0 Å². The van der Waals surface area contributed by atoms with Crippen LogP contribution >= 0.6 is 0 Å². The van der Waals surface area contributed by atoms with Crippen LogP contribution in [0.5, 0.6) is 0 Å². The Kier molecular flexibility index (Phi) is 2.49. The van der Waals surface area contributed by atoms with E-state index in [0.717, 1.165) is 38.8 Å². The maximum atomic E-state index is 11.0. The molecule has 2 heterocycles. The van der Waals surface area contributed by atoms with E-state index in [-0.39, 0.29) is 11.6 Å². The normalized spacial score (nSPS) is 32.2. The summed E-state index contributed by atoms with van der Waals surface area (Å²) in [5.74, 6) is -0.664.